The lowest BCUT2D eigenvalue weighted by atomic mass is 10.1. The van der Waals surface area contributed by atoms with Crippen molar-refractivity contribution in [3.05, 3.63) is 18.0 Å². The van der Waals surface area contributed by atoms with Crippen LogP contribution in [0.5, 0.6) is 0 Å². The first kappa shape index (κ1) is 17.4. The number of aliphatic hydroxyl groups is 1. The van der Waals surface area contributed by atoms with Gasteiger partial charge in [-0.05, 0) is 18.4 Å². The average molecular weight is 327 g/mol. The molecule has 4 atom stereocenters. The predicted molar refractivity (Wildman–Crippen MR) is 77.6 cm³/mol. The number of aromatic nitrogens is 2. The summed E-state index contributed by atoms with van der Waals surface area (Å²) >= 11 is 0. The Morgan fingerprint density at radius 1 is 1.43 bits per heavy atom. The van der Waals surface area contributed by atoms with Crippen molar-refractivity contribution >= 4 is 12.4 Å². The van der Waals surface area contributed by atoms with E-state index in [0.717, 1.165) is 18.4 Å². The molecule has 9 nitrogen and oxygen atoms in total. The zero-order chi connectivity index (χ0) is 16.7. The van der Waals surface area contributed by atoms with Gasteiger partial charge in [-0.25, -0.2) is 0 Å². The zero-order valence-electron chi connectivity index (χ0n) is 12.6. The number of carbonyl (C=O) groups is 2. The van der Waals surface area contributed by atoms with Gasteiger partial charge < -0.3 is 25.0 Å². The van der Waals surface area contributed by atoms with Gasteiger partial charge in [0.1, 0.15) is 18.3 Å². The maximum Gasteiger partial charge on any atom is 0.290 e. The van der Waals surface area contributed by atoms with Crippen molar-refractivity contribution in [2.45, 2.75) is 43.6 Å². The van der Waals surface area contributed by atoms with Crippen molar-refractivity contribution in [1.82, 2.24) is 15.5 Å². The van der Waals surface area contributed by atoms with Crippen molar-refractivity contribution in [2.24, 2.45) is 0 Å². The average Bonchev–Trinajstić information content (AvgIpc) is 3.22. The zero-order valence-corrected chi connectivity index (χ0v) is 12.6. The van der Waals surface area contributed by atoms with Crippen LogP contribution in [0.4, 0.5) is 0 Å². The lowest BCUT2D eigenvalue weighted by molar-refractivity contribution is -0.123. The lowest BCUT2D eigenvalue weighted by Gasteiger charge is -2.17. The first-order valence-corrected chi connectivity index (χ1v) is 7.42. The Hall–Kier alpha value is -1.97. The van der Waals surface area contributed by atoms with Crippen LogP contribution < -0.4 is 5.32 Å². The third-order valence-electron chi connectivity index (χ3n) is 3.80. The Labute approximate surface area is 133 Å². The van der Waals surface area contributed by atoms with E-state index in [4.69, 9.17) is 19.4 Å². The molecule has 4 N–H and O–H groups in total. The van der Waals surface area contributed by atoms with Crippen molar-refractivity contribution in [3.63, 3.8) is 0 Å². The fourth-order valence-corrected chi connectivity index (χ4v) is 2.75. The number of nitrogens with zero attached hydrogens (tertiary/aromatic N) is 1. The molecule has 0 aromatic carbocycles. The minimum absolute atomic E-state index is 0.00673. The van der Waals surface area contributed by atoms with Crippen LogP contribution in [-0.2, 0) is 25.5 Å². The van der Waals surface area contributed by atoms with E-state index in [2.05, 4.69) is 15.5 Å². The van der Waals surface area contributed by atoms with Crippen LogP contribution in [0.3, 0.4) is 0 Å². The fraction of sp³-hybridized carbons (Fsp3) is 0.643. The number of aromatic amines is 1. The van der Waals surface area contributed by atoms with E-state index in [9.17, 15) is 9.90 Å². The molecule has 128 valence electrons. The highest BCUT2D eigenvalue weighted by atomic mass is 16.6. The number of amides is 1. The van der Waals surface area contributed by atoms with E-state index in [1.54, 1.807) is 6.20 Å². The van der Waals surface area contributed by atoms with Crippen molar-refractivity contribution < 1.29 is 29.3 Å². The Morgan fingerprint density at radius 2 is 2.17 bits per heavy atom. The molecule has 3 rings (SSSR count). The van der Waals surface area contributed by atoms with E-state index in [1.165, 1.54) is 0 Å². The van der Waals surface area contributed by atoms with Gasteiger partial charge in [-0.2, -0.15) is 5.10 Å². The third-order valence-corrected chi connectivity index (χ3v) is 3.80. The fourth-order valence-electron chi connectivity index (χ4n) is 2.75. The van der Waals surface area contributed by atoms with E-state index in [1.807, 2.05) is 6.20 Å². The van der Waals surface area contributed by atoms with Crippen molar-refractivity contribution in [1.29, 1.82) is 0 Å². The molecule has 3 heterocycles. The summed E-state index contributed by atoms with van der Waals surface area (Å²) in [4.78, 5) is 20.3. The predicted octanol–water partition coefficient (Wildman–Crippen LogP) is -0.923. The quantitative estimate of drug-likeness (QED) is 0.514. The largest absolute Gasteiger partial charge is 0.483 e. The summed E-state index contributed by atoms with van der Waals surface area (Å²) < 4.78 is 10.9. The van der Waals surface area contributed by atoms with Crippen LogP contribution in [0.1, 0.15) is 18.4 Å². The summed E-state index contributed by atoms with van der Waals surface area (Å²) in [6.07, 6.45) is 4.56. The SMILES string of the molecule is O=C(CCCc1cn[nH]c1)N[C@@H]1CO[C@H]2[C@@H]1OC[C@H]2O.O=CO. The smallest absolute Gasteiger partial charge is 0.290 e. The van der Waals surface area contributed by atoms with Gasteiger partial charge in [-0.3, -0.25) is 14.7 Å². The second kappa shape index (κ2) is 8.61. The van der Waals surface area contributed by atoms with Crippen LogP contribution in [0.15, 0.2) is 12.4 Å². The molecular formula is C14H21N3O6. The van der Waals surface area contributed by atoms with Crippen LogP contribution in [-0.4, -0.2) is 70.4 Å². The molecule has 2 aliphatic heterocycles. The van der Waals surface area contributed by atoms with Crippen LogP contribution in [0, 0.1) is 0 Å². The van der Waals surface area contributed by atoms with Gasteiger partial charge in [-0.15, -0.1) is 0 Å². The number of aliphatic hydroxyl groups excluding tert-OH is 1. The number of fused-ring (bicyclic) bond motifs is 1. The lowest BCUT2D eigenvalue weighted by Crippen LogP contribution is -2.44. The first-order valence-electron chi connectivity index (χ1n) is 7.42. The van der Waals surface area contributed by atoms with E-state index < -0.39 is 6.10 Å². The summed E-state index contributed by atoms with van der Waals surface area (Å²) in [7, 11) is 0. The van der Waals surface area contributed by atoms with Crippen molar-refractivity contribution in [2.75, 3.05) is 13.2 Å². The summed E-state index contributed by atoms with van der Waals surface area (Å²) in [5.74, 6) is -0.00673. The van der Waals surface area contributed by atoms with E-state index >= 15 is 0 Å². The molecule has 23 heavy (non-hydrogen) atoms. The highest BCUT2D eigenvalue weighted by molar-refractivity contribution is 5.76. The maximum absolute atomic E-state index is 11.9. The number of nitrogens with one attached hydrogen (secondary N) is 2. The Kier molecular flexibility index (Phi) is 6.51. The van der Waals surface area contributed by atoms with E-state index in [0.29, 0.717) is 13.0 Å². The van der Waals surface area contributed by atoms with Crippen LogP contribution in [0.2, 0.25) is 0 Å². The number of hydrogen-bond donors (Lipinski definition) is 4. The van der Waals surface area contributed by atoms with Gasteiger partial charge in [-0.1, -0.05) is 0 Å². The maximum atomic E-state index is 11.9. The molecule has 0 saturated carbocycles. The summed E-state index contributed by atoms with van der Waals surface area (Å²) in [5, 5.41) is 26.1. The number of carbonyl (C=O) groups excluding carboxylic acids is 1. The van der Waals surface area contributed by atoms with E-state index in [-0.39, 0.29) is 37.2 Å². The Morgan fingerprint density at radius 3 is 2.87 bits per heavy atom. The molecule has 2 aliphatic rings. The molecule has 9 heteroatoms. The van der Waals surface area contributed by atoms with Gasteiger partial charge in [0.25, 0.3) is 6.47 Å². The minimum atomic E-state index is -0.581. The highest BCUT2D eigenvalue weighted by Crippen LogP contribution is 2.26. The standard InChI is InChI=1S/C13H19N3O4.CH2O2/c17-10-7-20-12-9(6-19-13(10)12)16-11(18)3-1-2-8-4-14-15-5-8;2-1-3/h4-5,9-10,12-13,17H,1-3,6-7H2,(H,14,15)(H,16,18);1H,(H,2,3)/t9-,10-,12-,13-;/m1./s1. The van der Waals surface area contributed by atoms with Gasteiger partial charge in [0.05, 0.1) is 25.5 Å². The number of ether oxygens (including phenoxy) is 2. The third kappa shape index (κ3) is 4.75. The molecule has 0 bridgehead atoms. The molecule has 1 aromatic rings. The Balaban J connectivity index is 0.000000595. The molecule has 0 spiro atoms. The summed E-state index contributed by atoms with van der Waals surface area (Å²) in [6, 6.07) is -0.154. The van der Waals surface area contributed by atoms with Crippen LogP contribution in [0.25, 0.3) is 0 Å². The number of hydrogen-bond acceptors (Lipinski definition) is 6. The summed E-state index contributed by atoms with van der Waals surface area (Å²) in [5.41, 5.74) is 1.10. The van der Waals surface area contributed by atoms with Crippen molar-refractivity contribution in [3.8, 4) is 0 Å². The number of carboxylic acid groups (broad SMARTS) is 1. The summed E-state index contributed by atoms with van der Waals surface area (Å²) in [6.45, 7) is 0.433. The molecule has 2 saturated heterocycles. The molecular weight excluding hydrogens is 306 g/mol. The van der Waals surface area contributed by atoms with Gasteiger partial charge in [0, 0.05) is 12.6 Å². The highest BCUT2D eigenvalue weighted by Gasteiger charge is 2.47. The number of rotatable bonds is 5. The normalized spacial score (nSPS) is 28.6. The molecule has 1 amide bonds. The second-order valence-electron chi connectivity index (χ2n) is 5.40. The number of aryl methyl sites for hydroxylation is 1. The Bertz CT molecular complexity index is 495. The molecule has 1 aromatic heterocycles. The van der Waals surface area contributed by atoms with Gasteiger partial charge in [0.2, 0.25) is 5.91 Å². The molecule has 0 aliphatic carbocycles. The topological polar surface area (TPSA) is 134 Å². The molecule has 0 radical (unpaired) electrons. The van der Waals surface area contributed by atoms with Crippen LogP contribution >= 0.6 is 0 Å². The second-order valence-corrected chi connectivity index (χ2v) is 5.40. The van der Waals surface area contributed by atoms with Gasteiger partial charge in [0.15, 0.2) is 0 Å². The molecule has 2 fully saturated rings. The molecule has 0 unspecified atom stereocenters. The monoisotopic (exact) mass is 327 g/mol. The first-order chi connectivity index (χ1) is 11.2. The minimum Gasteiger partial charge on any atom is -0.483 e. The van der Waals surface area contributed by atoms with Gasteiger partial charge >= 0.3 is 0 Å². The number of H-pyrrole nitrogens is 1.